The lowest BCUT2D eigenvalue weighted by Gasteiger charge is -2.02. The van der Waals surface area contributed by atoms with E-state index in [4.69, 9.17) is 14.9 Å². The van der Waals surface area contributed by atoms with Gasteiger partial charge in [0, 0.05) is 24.0 Å². The highest BCUT2D eigenvalue weighted by Gasteiger charge is 2.13. The lowest BCUT2D eigenvalue weighted by molar-refractivity contribution is 0.272. The predicted octanol–water partition coefficient (Wildman–Crippen LogP) is 3.08. The Labute approximate surface area is 123 Å². The van der Waals surface area contributed by atoms with E-state index in [-0.39, 0.29) is 0 Å². The van der Waals surface area contributed by atoms with Gasteiger partial charge in [0.15, 0.2) is 5.75 Å². The minimum Gasteiger partial charge on any atom is -0.482 e. The summed E-state index contributed by atoms with van der Waals surface area (Å²) >= 11 is 0. The molecule has 0 saturated heterocycles. The van der Waals surface area contributed by atoms with Gasteiger partial charge in [-0.3, -0.25) is 4.68 Å². The summed E-state index contributed by atoms with van der Waals surface area (Å²) in [5, 5.41) is 5.30. The van der Waals surface area contributed by atoms with Crippen LogP contribution < -0.4 is 10.5 Å². The predicted molar refractivity (Wildman–Crippen MR) is 81.0 cm³/mol. The Balaban J connectivity index is 1.77. The Kier molecular flexibility index (Phi) is 3.92. The first-order valence-electron chi connectivity index (χ1n) is 7.16. The van der Waals surface area contributed by atoms with Crippen molar-refractivity contribution in [3.63, 3.8) is 0 Å². The number of ether oxygens (including phenoxy) is 1. The molecule has 5 heteroatoms. The maximum absolute atomic E-state index is 5.84. The van der Waals surface area contributed by atoms with Gasteiger partial charge in [-0.2, -0.15) is 5.10 Å². The van der Waals surface area contributed by atoms with Gasteiger partial charge in [0.05, 0.1) is 12.4 Å². The second-order valence-electron chi connectivity index (χ2n) is 4.93. The molecule has 0 aliphatic rings. The van der Waals surface area contributed by atoms with E-state index in [1.165, 1.54) is 0 Å². The molecule has 0 aliphatic carbocycles. The van der Waals surface area contributed by atoms with Crippen molar-refractivity contribution in [2.24, 2.45) is 5.73 Å². The Morgan fingerprint density at radius 2 is 2.19 bits per heavy atom. The van der Waals surface area contributed by atoms with Gasteiger partial charge in [0.1, 0.15) is 18.0 Å². The number of aryl methyl sites for hydroxylation is 1. The van der Waals surface area contributed by atoms with Crippen LogP contribution in [0.4, 0.5) is 0 Å². The fourth-order valence-electron chi connectivity index (χ4n) is 2.41. The van der Waals surface area contributed by atoms with Crippen LogP contribution in [-0.2, 0) is 19.7 Å². The molecule has 0 atom stereocenters. The van der Waals surface area contributed by atoms with Gasteiger partial charge in [0.2, 0.25) is 0 Å². The minimum atomic E-state index is 0.360. The molecule has 0 aliphatic heterocycles. The molecule has 2 heterocycles. The van der Waals surface area contributed by atoms with Crippen molar-refractivity contribution in [3.05, 3.63) is 48.0 Å². The lowest BCUT2D eigenvalue weighted by Crippen LogP contribution is -2.02. The molecule has 0 radical (unpaired) electrons. The van der Waals surface area contributed by atoms with E-state index in [2.05, 4.69) is 12.0 Å². The monoisotopic (exact) mass is 285 g/mol. The molecule has 5 nitrogen and oxygen atoms in total. The van der Waals surface area contributed by atoms with Gasteiger partial charge in [0.25, 0.3) is 0 Å². The molecule has 0 saturated carbocycles. The Morgan fingerprint density at radius 1 is 1.33 bits per heavy atom. The zero-order valence-electron chi connectivity index (χ0n) is 12.1. The minimum absolute atomic E-state index is 0.360. The van der Waals surface area contributed by atoms with E-state index < -0.39 is 0 Å². The average molecular weight is 285 g/mol. The summed E-state index contributed by atoms with van der Waals surface area (Å²) in [5.74, 6) is 1.52. The highest BCUT2D eigenvalue weighted by atomic mass is 16.5. The van der Waals surface area contributed by atoms with E-state index in [0.717, 1.165) is 41.0 Å². The molecule has 2 N–H and O–H groups in total. The molecule has 2 aromatic heterocycles. The molecule has 1 aromatic carbocycles. The van der Waals surface area contributed by atoms with Crippen LogP contribution in [0.15, 0.2) is 41.1 Å². The number of benzene rings is 1. The van der Waals surface area contributed by atoms with Gasteiger partial charge in [-0.25, -0.2) is 0 Å². The number of para-hydroxylation sites is 1. The molecule has 3 rings (SSSR count). The maximum Gasteiger partial charge on any atom is 0.157 e. The van der Waals surface area contributed by atoms with Gasteiger partial charge >= 0.3 is 0 Å². The third-order valence-corrected chi connectivity index (χ3v) is 3.42. The first-order chi connectivity index (χ1) is 10.3. The number of aromatic nitrogens is 2. The summed E-state index contributed by atoms with van der Waals surface area (Å²) in [7, 11) is 0. The summed E-state index contributed by atoms with van der Waals surface area (Å²) < 4.78 is 13.5. The van der Waals surface area contributed by atoms with Crippen LogP contribution in [0.5, 0.6) is 5.75 Å². The van der Waals surface area contributed by atoms with Crippen molar-refractivity contribution in [2.75, 3.05) is 0 Å². The van der Waals surface area contributed by atoms with Crippen molar-refractivity contribution in [1.29, 1.82) is 0 Å². The summed E-state index contributed by atoms with van der Waals surface area (Å²) in [5.41, 5.74) is 7.69. The van der Waals surface area contributed by atoms with Crippen LogP contribution in [-0.4, -0.2) is 9.78 Å². The molecule has 0 bridgehead atoms. The fraction of sp³-hybridized carbons (Fsp3) is 0.312. The standard InChI is InChI=1S/C16H19N3O2/c1-2-7-19-10-12(9-18-19)20-11-16-14(8-17)13-5-3-4-6-15(13)21-16/h3-6,9-10H,2,7-8,11,17H2,1H3. The third-order valence-electron chi connectivity index (χ3n) is 3.42. The highest BCUT2D eigenvalue weighted by Crippen LogP contribution is 2.26. The average Bonchev–Trinajstić information content (AvgIpc) is 3.09. The first kappa shape index (κ1) is 13.7. The van der Waals surface area contributed by atoms with Crippen molar-refractivity contribution in [1.82, 2.24) is 9.78 Å². The molecule has 0 unspecified atom stereocenters. The fourth-order valence-corrected chi connectivity index (χ4v) is 2.41. The molecular formula is C16H19N3O2. The van der Waals surface area contributed by atoms with Crippen molar-refractivity contribution < 1.29 is 9.15 Å². The number of nitrogens with two attached hydrogens (primary N) is 1. The van der Waals surface area contributed by atoms with Gasteiger partial charge < -0.3 is 14.9 Å². The quantitative estimate of drug-likeness (QED) is 0.756. The van der Waals surface area contributed by atoms with Gasteiger partial charge in [-0.05, 0) is 12.5 Å². The van der Waals surface area contributed by atoms with Crippen LogP contribution in [0.2, 0.25) is 0 Å². The van der Waals surface area contributed by atoms with Crippen LogP contribution in [0.25, 0.3) is 11.0 Å². The third kappa shape index (κ3) is 2.78. The van der Waals surface area contributed by atoms with Crippen LogP contribution in [0.3, 0.4) is 0 Å². The lowest BCUT2D eigenvalue weighted by atomic mass is 10.1. The molecule has 3 aromatic rings. The number of fused-ring (bicyclic) bond motifs is 1. The molecule has 0 amide bonds. The molecule has 110 valence electrons. The Hall–Kier alpha value is -2.27. The first-order valence-corrected chi connectivity index (χ1v) is 7.16. The Morgan fingerprint density at radius 3 is 3.00 bits per heavy atom. The molecular weight excluding hydrogens is 266 g/mol. The van der Waals surface area contributed by atoms with E-state index in [9.17, 15) is 0 Å². The molecule has 21 heavy (non-hydrogen) atoms. The normalized spacial score (nSPS) is 11.1. The number of hydrogen-bond donors (Lipinski definition) is 1. The topological polar surface area (TPSA) is 66.2 Å². The highest BCUT2D eigenvalue weighted by molar-refractivity contribution is 5.82. The summed E-state index contributed by atoms with van der Waals surface area (Å²) in [6, 6.07) is 7.89. The second-order valence-corrected chi connectivity index (χ2v) is 4.93. The van der Waals surface area contributed by atoms with E-state index >= 15 is 0 Å². The van der Waals surface area contributed by atoms with E-state index in [1.54, 1.807) is 6.20 Å². The van der Waals surface area contributed by atoms with Gasteiger partial charge in [-0.1, -0.05) is 25.1 Å². The van der Waals surface area contributed by atoms with Crippen LogP contribution >= 0.6 is 0 Å². The molecule has 0 fully saturated rings. The number of rotatable bonds is 6. The van der Waals surface area contributed by atoms with E-state index in [1.807, 2.05) is 35.1 Å². The van der Waals surface area contributed by atoms with Crippen LogP contribution in [0.1, 0.15) is 24.7 Å². The number of hydrogen-bond acceptors (Lipinski definition) is 4. The maximum atomic E-state index is 5.84. The molecule has 0 spiro atoms. The van der Waals surface area contributed by atoms with Crippen molar-refractivity contribution >= 4 is 11.0 Å². The summed E-state index contributed by atoms with van der Waals surface area (Å²) in [6.07, 6.45) is 4.66. The zero-order valence-corrected chi connectivity index (χ0v) is 12.1. The SMILES string of the molecule is CCCn1cc(OCc2oc3ccccc3c2CN)cn1. The van der Waals surface area contributed by atoms with Crippen molar-refractivity contribution in [2.45, 2.75) is 33.0 Å². The summed E-state index contributed by atoms with van der Waals surface area (Å²) in [4.78, 5) is 0. The largest absolute Gasteiger partial charge is 0.482 e. The zero-order chi connectivity index (χ0) is 14.7. The number of nitrogens with zero attached hydrogens (tertiary/aromatic N) is 2. The Bertz CT molecular complexity index is 730. The van der Waals surface area contributed by atoms with E-state index in [0.29, 0.717) is 13.2 Å². The summed E-state index contributed by atoms with van der Waals surface area (Å²) in [6.45, 7) is 3.80. The van der Waals surface area contributed by atoms with Crippen LogP contribution in [0, 0.1) is 0 Å². The second kappa shape index (κ2) is 6.01. The number of furan rings is 1. The van der Waals surface area contributed by atoms with Gasteiger partial charge in [-0.15, -0.1) is 0 Å². The van der Waals surface area contributed by atoms with Crippen molar-refractivity contribution in [3.8, 4) is 5.75 Å². The smallest absolute Gasteiger partial charge is 0.157 e.